The SMILES string of the molecule is CC(F)CC1CC1. The van der Waals surface area contributed by atoms with Crippen LogP contribution in [-0.4, -0.2) is 6.17 Å². The second kappa shape index (κ2) is 1.81. The van der Waals surface area contributed by atoms with Gasteiger partial charge >= 0.3 is 0 Å². The minimum Gasteiger partial charge on any atom is -0.248 e. The van der Waals surface area contributed by atoms with Crippen molar-refractivity contribution in [2.24, 2.45) is 5.92 Å². The molecule has 0 nitrogen and oxygen atoms in total. The van der Waals surface area contributed by atoms with E-state index in [9.17, 15) is 4.39 Å². The van der Waals surface area contributed by atoms with Crippen molar-refractivity contribution in [2.75, 3.05) is 0 Å². The fourth-order valence-electron chi connectivity index (χ4n) is 0.813. The highest BCUT2D eigenvalue weighted by molar-refractivity contribution is 4.74. The fourth-order valence-corrected chi connectivity index (χ4v) is 0.813. The summed E-state index contributed by atoms with van der Waals surface area (Å²) in [6.07, 6.45) is 2.79. The van der Waals surface area contributed by atoms with Gasteiger partial charge in [-0.05, 0) is 19.3 Å². The summed E-state index contributed by atoms with van der Waals surface area (Å²) in [5, 5.41) is 0. The highest BCUT2D eigenvalue weighted by Gasteiger charge is 2.22. The van der Waals surface area contributed by atoms with Crippen molar-refractivity contribution in [1.29, 1.82) is 0 Å². The van der Waals surface area contributed by atoms with Crippen molar-refractivity contribution in [1.82, 2.24) is 0 Å². The summed E-state index contributed by atoms with van der Waals surface area (Å²) >= 11 is 0. The molecule has 7 heavy (non-hydrogen) atoms. The standard InChI is InChI=1S/C6H11F/c1-5(7)4-6-2-3-6/h5-6H,2-4H2,1H3. The van der Waals surface area contributed by atoms with Crippen LogP contribution in [0.4, 0.5) is 4.39 Å². The largest absolute Gasteiger partial charge is 0.248 e. The molecule has 1 unspecified atom stereocenters. The first-order chi connectivity index (χ1) is 3.29. The number of alkyl halides is 1. The Morgan fingerprint density at radius 2 is 2.29 bits per heavy atom. The smallest absolute Gasteiger partial charge is 0.0976 e. The van der Waals surface area contributed by atoms with Crippen LogP contribution in [0.3, 0.4) is 0 Å². The average Bonchev–Trinajstić information content (AvgIpc) is 2.17. The summed E-state index contributed by atoms with van der Waals surface area (Å²) in [6, 6.07) is 0. The predicted molar refractivity (Wildman–Crippen MR) is 27.9 cm³/mol. The second-order valence-corrected chi connectivity index (χ2v) is 2.46. The van der Waals surface area contributed by atoms with Crippen LogP contribution in [0.1, 0.15) is 26.2 Å². The molecule has 0 heterocycles. The first kappa shape index (κ1) is 5.07. The molecule has 0 saturated heterocycles. The van der Waals surface area contributed by atoms with Crippen LogP contribution in [0.5, 0.6) is 0 Å². The summed E-state index contributed by atoms with van der Waals surface area (Å²) in [7, 11) is 0. The van der Waals surface area contributed by atoms with E-state index in [-0.39, 0.29) is 0 Å². The van der Waals surface area contributed by atoms with Crippen LogP contribution in [0.25, 0.3) is 0 Å². The Morgan fingerprint density at radius 1 is 1.71 bits per heavy atom. The molecule has 0 N–H and O–H groups in total. The van der Waals surface area contributed by atoms with Gasteiger partial charge in [0.25, 0.3) is 0 Å². The van der Waals surface area contributed by atoms with Gasteiger partial charge in [-0.15, -0.1) is 0 Å². The van der Waals surface area contributed by atoms with Crippen molar-refractivity contribution < 1.29 is 4.39 Å². The molecule has 1 atom stereocenters. The van der Waals surface area contributed by atoms with E-state index in [4.69, 9.17) is 0 Å². The second-order valence-electron chi connectivity index (χ2n) is 2.46. The van der Waals surface area contributed by atoms with E-state index in [0.29, 0.717) is 0 Å². The lowest BCUT2D eigenvalue weighted by Gasteiger charge is -1.94. The molecular weight excluding hydrogens is 91.1 g/mol. The van der Waals surface area contributed by atoms with E-state index in [1.807, 2.05) is 0 Å². The monoisotopic (exact) mass is 102 g/mol. The first-order valence-electron chi connectivity index (χ1n) is 2.93. The fraction of sp³-hybridized carbons (Fsp3) is 1.00. The highest BCUT2D eigenvalue weighted by atomic mass is 19.1. The lowest BCUT2D eigenvalue weighted by molar-refractivity contribution is 0.327. The molecule has 1 aliphatic rings. The first-order valence-corrected chi connectivity index (χ1v) is 2.93. The molecule has 0 aromatic heterocycles. The molecule has 1 aliphatic carbocycles. The zero-order valence-electron chi connectivity index (χ0n) is 4.65. The molecule has 0 amide bonds. The van der Waals surface area contributed by atoms with E-state index >= 15 is 0 Å². The van der Waals surface area contributed by atoms with Crippen molar-refractivity contribution in [3.8, 4) is 0 Å². The molecule has 0 aromatic carbocycles. The van der Waals surface area contributed by atoms with E-state index in [0.717, 1.165) is 12.3 Å². The van der Waals surface area contributed by atoms with Crippen molar-refractivity contribution in [3.05, 3.63) is 0 Å². The van der Waals surface area contributed by atoms with E-state index < -0.39 is 6.17 Å². The lowest BCUT2D eigenvalue weighted by atomic mass is 10.2. The number of hydrogen-bond acceptors (Lipinski definition) is 0. The maximum atomic E-state index is 12.0. The Bertz CT molecular complexity index is 55.2. The van der Waals surface area contributed by atoms with Gasteiger partial charge in [-0.2, -0.15) is 0 Å². The number of hydrogen-bond donors (Lipinski definition) is 0. The average molecular weight is 102 g/mol. The summed E-state index contributed by atoms with van der Waals surface area (Å²) < 4.78 is 12.0. The van der Waals surface area contributed by atoms with Gasteiger partial charge in [-0.25, -0.2) is 4.39 Å². The van der Waals surface area contributed by atoms with Crippen molar-refractivity contribution in [2.45, 2.75) is 32.4 Å². The summed E-state index contributed by atoms with van der Waals surface area (Å²) in [4.78, 5) is 0. The van der Waals surface area contributed by atoms with Crippen LogP contribution in [0.15, 0.2) is 0 Å². The maximum absolute atomic E-state index is 12.0. The Morgan fingerprint density at radius 3 is 2.43 bits per heavy atom. The zero-order chi connectivity index (χ0) is 5.28. The number of rotatable bonds is 2. The molecule has 0 bridgehead atoms. The molecule has 1 fully saturated rings. The lowest BCUT2D eigenvalue weighted by Crippen LogP contribution is -1.91. The Balaban J connectivity index is 1.97. The van der Waals surface area contributed by atoms with Crippen LogP contribution >= 0.6 is 0 Å². The molecule has 0 aromatic rings. The topological polar surface area (TPSA) is 0 Å². The quantitative estimate of drug-likeness (QED) is 0.501. The molecule has 0 spiro atoms. The maximum Gasteiger partial charge on any atom is 0.0976 e. The van der Waals surface area contributed by atoms with Crippen LogP contribution < -0.4 is 0 Å². The van der Waals surface area contributed by atoms with Crippen LogP contribution in [0.2, 0.25) is 0 Å². The third-order valence-electron chi connectivity index (χ3n) is 1.36. The summed E-state index contributed by atoms with van der Waals surface area (Å²) in [5.74, 6) is 0.750. The van der Waals surface area contributed by atoms with Crippen molar-refractivity contribution >= 4 is 0 Å². The van der Waals surface area contributed by atoms with Crippen molar-refractivity contribution in [3.63, 3.8) is 0 Å². The van der Waals surface area contributed by atoms with Gasteiger partial charge in [0, 0.05) is 0 Å². The van der Waals surface area contributed by atoms with Gasteiger partial charge in [0.2, 0.25) is 0 Å². The summed E-state index contributed by atoms with van der Waals surface area (Å²) in [5.41, 5.74) is 0. The van der Waals surface area contributed by atoms with E-state index in [1.54, 1.807) is 6.92 Å². The normalized spacial score (nSPS) is 24.9. The molecule has 1 rings (SSSR count). The molecule has 0 aliphatic heterocycles. The molecular formula is C6H11F. The van der Waals surface area contributed by atoms with Crippen LogP contribution in [-0.2, 0) is 0 Å². The van der Waals surface area contributed by atoms with Gasteiger partial charge in [0.15, 0.2) is 0 Å². The third kappa shape index (κ3) is 1.91. The van der Waals surface area contributed by atoms with Gasteiger partial charge in [0.1, 0.15) is 0 Å². The zero-order valence-corrected chi connectivity index (χ0v) is 4.65. The molecule has 0 radical (unpaired) electrons. The molecule has 1 saturated carbocycles. The van der Waals surface area contributed by atoms with Gasteiger partial charge < -0.3 is 0 Å². The Kier molecular flexibility index (Phi) is 1.31. The molecule has 42 valence electrons. The van der Waals surface area contributed by atoms with Crippen LogP contribution in [0, 0.1) is 5.92 Å². The van der Waals surface area contributed by atoms with E-state index in [1.165, 1.54) is 12.8 Å². The number of halogens is 1. The van der Waals surface area contributed by atoms with E-state index in [2.05, 4.69) is 0 Å². The molecule has 1 heteroatoms. The highest BCUT2D eigenvalue weighted by Crippen LogP contribution is 2.33. The Labute approximate surface area is 43.7 Å². The predicted octanol–water partition coefficient (Wildman–Crippen LogP) is 2.14. The summed E-state index contributed by atoms with van der Waals surface area (Å²) in [6.45, 7) is 1.64. The Hall–Kier alpha value is -0.0700. The van der Waals surface area contributed by atoms with Gasteiger partial charge in [0.05, 0.1) is 6.17 Å². The minimum atomic E-state index is -0.563. The van der Waals surface area contributed by atoms with Gasteiger partial charge in [-0.1, -0.05) is 12.8 Å². The third-order valence-corrected chi connectivity index (χ3v) is 1.36. The minimum absolute atomic E-state index is 0.563. The van der Waals surface area contributed by atoms with Gasteiger partial charge in [-0.3, -0.25) is 0 Å².